The van der Waals surface area contributed by atoms with Crippen LogP contribution < -0.4 is 0 Å². The quantitative estimate of drug-likeness (QED) is 0.540. The fourth-order valence-corrected chi connectivity index (χ4v) is 2.47. The van der Waals surface area contributed by atoms with Crippen LogP contribution in [0, 0.1) is 0 Å². The van der Waals surface area contributed by atoms with Crippen molar-refractivity contribution in [1.82, 2.24) is 19.8 Å². The molecule has 1 aliphatic rings. The predicted molar refractivity (Wildman–Crippen MR) is 83.6 cm³/mol. The number of carbonyl (C=O) groups is 2. The number of furan rings is 1. The van der Waals surface area contributed by atoms with E-state index in [2.05, 4.69) is 15.3 Å². The van der Waals surface area contributed by atoms with E-state index in [4.69, 9.17) is 4.42 Å². The van der Waals surface area contributed by atoms with Crippen LogP contribution in [-0.4, -0.2) is 44.9 Å². The summed E-state index contributed by atoms with van der Waals surface area (Å²) >= 11 is 0. The van der Waals surface area contributed by atoms with Gasteiger partial charge in [-0.3, -0.25) is 14.5 Å². The highest BCUT2D eigenvalue weighted by atomic mass is 16.3. The zero-order valence-electron chi connectivity index (χ0n) is 12.6. The Bertz CT molecular complexity index is 972. The smallest absolute Gasteiger partial charge is 0.261 e. The molecule has 3 aromatic rings. The Labute approximate surface area is 136 Å². The van der Waals surface area contributed by atoms with Crippen molar-refractivity contribution in [3.05, 3.63) is 59.9 Å². The van der Waals surface area contributed by atoms with Gasteiger partial charge in [-0.25, -0.2) is 4.68 Å². The van der Waals surface area contributed by atoms with E-state index in [1.54, 1.807) is 30.3 Å². The minimum atomic E-state index is -0.308. The normalized spacial score (nSPS) is 14.0. The number of aromatic nitrogens is 3. The molecule has 3 heterocycles. The molecule has 0 aliphatic carbocycles. The lowest BCUT2D eigenvalue weighted by atomic mass is 10.0. The number of fused-ring (bicyclic) bond motifs is 1. The standard InChI is InChI=1S/C16H11N5O3/c1-20-15(22)12-4-2-10(6-13(12)16(20)23)14-5-3-11(24-14)7-19-21-8-17-18-9-21/h2-9H,1H3. The lowest BCUT2D eigenvalue weighted by molar-refractivity contribution is 0.0693. The van der Waals surface area contributed by atoms with Crippen LogP contribution in [0.4, 0.5) is 0 Å². The van der Waals surface area contributed by atoms with Gasteiger partial charge in [-0.15, -0.1) is 10.2 Å². The Kier molecular flexibility index (Phi) is 3.09. The van der Waals surface area contributed by atoms with Crippen LogP contribution in [0.2, 0.25) is 0 Å². The zero-order valence-corrected chi connectivity index (χ0v) is 12.6. The highest BCUT2D eigenvalue weighted by Gasteiger charge is 2.32. The van der Waals surface area contributed by atoms with Crippen LogP contribution in [-0.2, 0) is 0 Å². The van der Waals surface area contributed by atoms with Gasteiger partial charge < -0.3 is 4.42 Å². The Balaban J connectivity index is 1.64. The second-order valence-electron chi connectivity index (χ2n) is 5.22. The van der Waals surface area contributed by atoms with Gasteiger partial charge in [-0.2, -0.15) is 5.10 Å². The third kappa shape index (κ3) is 2.21. The van der Waals surface area contributed by atoms with Crippen LogP contribution in [0.5, 0.6) is 0 Å². The van der Waals surface area contributed by atoms with Crippen molar-refractivity contribution in [3.8, 4) is 11.3 Å². The summed E-state index contributed by atoms with van der Waals surface area (Å²) in [6, 6.07) is 8.60. The van der Waals surface area contributed by atoms with E-state index in [0.717, 1.165) is 4.90 Å². The minimum Gasteiger partial charge on any atom is -0.455 e. The molecule has 0 spiro atoms. The molecule has 0 saturated heterocycles. The van der Waals surface area contributed by atoms with Crippen LogP contribution in [0.3, 0.4) is 0 Å². The molecule has 8 nitrogen and oxygen atoms in total. The molecule has 24 heavy (non-hydrogen) atoms. The van der Waals surface area contributed by atoms with E-state index >= 15 is 0 Å². The molecule has 0 fully saturated rings. The molecule has 0 atom stereocenters. The predicted octanol–water partition coefficient (Wildman–Crippen LogP) is 1.65. The third-order valence-corrected chi connectivity index (χ3v) is 3.73. The monoisotopic (exact) mass is 321 g/mol. The van der Waals surface area contributed by atoms with Gasteiger partial charge in [0.05, 0.1) is 17.3 Å². The molecular weight excluding hydrogens is 310 g/mol. The van der Waals surface area contributed by atoms with E-state index in [1.807, 2.05) is 0 Å². The van der Waals surface area contributed by atoms with Gasteiger partial charge in [-0.1, -0.05) is 6.07 Å². The van der Waals surface area contributed by atoms with Gasteiger partial charge in [0.1, 0.15) is 24.2 Å². The van der Waals surface area contributed by atoms with Gasteiger partial charge >= 0.3 is 0 Å². The Morgan fingerprint density at radius 1 is 1.04 bits per heavy atom. The molecule has 2 aromatic heterocycles. The van der Waals surface area contributed by atoms with Crippen molar-refractivity contribution >= 4 is 18.0 Å². The number of hydrogen-bond acceptors (Lipinski definition) is 6. The molecule has 0 bridgehead atoms. The fourth-order valence-electron chi connectivity index (χ4n) is 2.47. The molecule has 8 heteroatoms. The summed E-state index contributed by atoms with van der Waals surface area (Å²) < 4.78 is 7.15. The van der Waals surface area contributed by atoms with Crippen LogP contribution in [0.15, 0.2) is 52.5 Å². The second-order valence-corrected chi connectivity index (χ2v) is 5.22. The topological polar surface area (TPSA) is 93.6 Å². The number of benzene rings is 1. The number of nitrogens with zero attached hydrogens (tertiary/aromatic N) is 5. The molecule has 4 rings (SSSR count). The molecule has 1 aliphatic heterocycles. The SMILES string of the molecule is CN1C(=O)c2ccc(-c3ccc(C=Nn4cnnc4)o3)cc2C1=O. The van der Waals surface area contributed by atoms with Gasteiger partial charge in [0.15, 0.2) is 0 Å². The minimum absolute atomic E-state index is 0.289. The molecule has 2 amide bonds. The maximum absolute atomic E-state index is 12.1. The van der Waals surface area contributed by atoms with E-state index in [9.17, 15) is 9.59 Å². The van der Waals surface area contributed by atoms with E-state index in [0.29, 0.717) is 28.2 Å². The summed E-state index contributed by atoms with van der Waals surface area (Å²) in [6.45, 7) is 0. The van der Waals surface area contributed by atoms with Crippen molar-refractivity contribution < 1.29 is 14.0 Å². The second kappa shape index (κ2) is 5.27. The van der Waals surface area contributed by atoms with E-state index in [1.165, 1.54) is 30.6 Å². The first-order valence-corrected chi connectivity index (χ1v) is 7.09. The van der Waals surface area contributed by atoms with E-state index < -0.39 is 0 Å². The van der Waals surface area contributed by atoms with Gasteiger partial charge in [0, 0.05) is 12.6 Å². The van der Waals surface area contributed by atoms with Crippen molar-refractivity contribution in [2.24, 2.45) is 5.10 Å². The van der Waals surface area contributed by atoms with Crippen molar-refractivity contribution in [3.63, 3.8) is 0 Å². The molecule has 1 aromatic carbocycles. The molecule has 118 valence electrons. The Morgan fingerprint density at radius 3 is 2.58 bits per heavy atom. The Hall–Kier alpha value is -3.55. The highest BCUT2D eigenvalue weighted by molar-refractivity contribution is 6.21. The van der Waals surface area contributed by atoms with Crippen LogP contribution in [0.25, 0.3) is 11.3 Å². The maximum atomic E-state index is 12.1. The number of carbonyl (C=O) groups excluding carboxylic acids is 2. The third-order valence-electron chi connectivity index (χ3n) is 3.73. The average molecular weight is 321 g/mol. The van der Waals surface area contributed by atoms with Gasteiger partial charge in [-0.05, 0) is 24.3 Å². The molecule has 0 N–H and O–H groups in total. The summed E-state index contributed by atoms with van der Waals surface area (Å²) in [4.78, 5) is 25.1. The maximum Gasteiger partial charge on any atom is 0.261 e. The van der Waals surface area contributed by atoms with E-state index in [-0.39, 0.29) is 11.8 Å². The lowest BCUT2D eigenvalue weighted by Gasteiger charge is -2.02. The van der Waals surface area contributed by atoms with Crippen molar-refractivity contribution in [2.75, 3.05) is 7.05 Å². The summed E-state index contributed by atoms with van der Waals surface area (Å²) in [6.07, 6.45) is 4.45. The molecule has 0 unspecified atom stereocenters. The first-order valence-electron chi connectivity index (χ1n) is 7.09. The molecule has 0 radical (unpaired) electrons. The fraction of sp³-hybridized carbons (Fsp3) is 0.0625. The summed E-state index contributed by atoms with van der Waals surface area (Å²) in [5.74, 6) is 0.525. The number of imide groups is 1. The largest absolute Gasteiger partial charge is 0.455 e. The van der Waals surface area contributed by atoms with Crippen molar-refractivity contribution in [2.45, 2.75) is 0 Å². The zero-order chi connectivity index (χ0) is 16.7. The first kappa shape index (κ1) is 14.1. The molecule has 0 saturated carbocycles. The number of amides is 2. The summed E-state index contributed by atoms with van der Waals surface area (Å²) in [5, 5.41) is 11.4. The lowest BCUT2D eigenvalue weighted by Crippen LogP contribution is -2.24. The first-order chi connectivity index (χ1) is 11.6. The van der Waals surface area contributed by atoms with Gasteiger partial charge in [0.2, 0.25) is 0 Å². The number of rotatable bonds is 3. The summed E-state index contributed by atoms with van der Waals surface area (Å²) in [7, 11) is 1.47. The van der Waals surface area contributed by atoms with Crippen LogP contribution >= 0.6 is 0 Å². The van der Waals surface area contributed by atoms with Crippen LogP contribution in [0.1, 0.15) is 26.5 Å². The summed E-state index contributed by atoms with van der Waals surface area (Å²) in [5.41, 5.74) is 1.51. The number of hydrogen-bond donors (Lipinski definition) is 0. The van der Waals surface area contributed by atoms with Gasteiger partial charge in [0.25, 0.3) is 11.8 Å². The average Bonchev–Trinajstić information content (AvgIpc) is 3.32. The molecular formula is C16H11N5O3. The van der Waals surface area contributed by atoms with Crippen molar-refractivity contribution in [1.29, 1.82) is 0 Å². The highest BCUT2D eigenvalue weighted by Crippen LogP contribution is 2.28. The Morgan fingerprint density at radius 2 is 1.79 bits per heavy atom.